The highest BCUT2D eigenvalue weighted by Crippen LogP contribution is 2.54. The van der Waals surface area contributed by atoms with E-state index in [4.69, 9.17) is 0 Å². The molecule has 0 saturated heterocycles. The highest BCUT2D eigenvalue weighted by molar-refractivity contribution is 6.15. The van der Waals surface area contributed by atoms with E-state index >= 15 is 0 Å². The molecule has 0 saturated carbocycles. The van der Waals surface area contributed by atoms with E-state index in [0.29, 0.717) is 45.9 Å². The van der Waals surface area contributed by atoms with Gasteiger partial charge in [0.05, 0.1) is 0 Å². The number of phenolic OH excluding ortho intramolecular Hbond substituents is 6. The van der Waals surface area contributed by atoms with Gasteiger partial charge in [0, 0.05) is 56.6 Å². The Hall–Kier alpha value is -5.52. The molecule has 0 radical (unpaired) electrons. The van der Waals surface area contributed by atoms with Gasteiger partial charge in [-0.15, -0.1) is 0 Å². The molecule has 4 aromatic rings. The van der Waals surface area contributed by atoms with E-state index < -0.39 is 58.5 Å². The van der Waals surface area contributed by atoms with Gasteiger partial charge in [-0.25, -0.2) is 9.59 Å². The van der Waals surface area contributed by atoms with E-state index in [-0.39, 0.29) is 56.7 Å². The van der Waals surface area contributed by atoms with Crippen LogP contribution in [0, 0.1) is 25.7 Å². The minimum Gasteiger partial charge on any atom is -0.507 e. The van der Waals surface area contributed by atoms with Crippen LogP contribution >= 0.6 is 0 Å². The summed E-state index contributed by atoms with van der Waals surface area (Å²) in [7, 11) is 0. The molecule has 2 unspecified atom stereocenters. The molecule has 0 fully saturated rings. The Kier molecular flexibility index (Phi) is 12.1. The SMILES string of the molecule is CCC(C)[C@H](N=Cc1c(O)c(O)c(C(C)C)c2cc(C)c(-c3c(C)cc4c(C(C)C)c(O)c(O)c(C=N[C@H](C(=O)O)C(C)CC)c4c3O)c(O)c12)C(=O)O. The topological polar surface area (TPSA) is 221 Å². The van der Waals surface area contributed by atoms with Gasteiger partial charge in [0.15, 0.2) is 23.0 Å². The van der Waals surface area contributed by atoms with Gasteiger partial charge >= 0.3 is 11.9 Å². The van der Waals surface area contributed by atoms with Crippen LogP contribution < -0.4 is 0 Å². The van der Waals surface area contributed by atoms with E-state index in [1.54, 1.807) is 67.5 Å². The molecule has 12 nitrogen and oxygen atoms in total. The van der Waals surface area contributed by atoms with Crippen molar-refractivity contribution >= 4 is 45.9 Å². The maximum Gasteiger partial charge on any atom is 0.328 e. The van der Waals surface area contributed by atoms with Gasteiger partial charge in [-0.2, -0.15) is 0 Å². The number of carboxylic acid groups (broad SMARTS) is 2. The van der Waals surface area contributed by atoms with Gasteiger partial charge in [0.25, 0.3) is 0 Å². The number of hydrogen-bond acceptors (Lipinski definition) is 10. The number of aryl methyl sites for hydroxylation is 2. The summed E-state index contributed by atoms with van der Waals surface area (Å²) in [5, 5.41) is 90.6. The van der Waals surface area contributed by atoms with E-state index in [2.05, 4.69) is 9.98 Å². The smallest absolute Gasteiger partial charge is 0.328 e. The molecule has 54 heavy (non-hydrogen) atoms. The molecule has 0 heterocycles. The highest BCUT2D eigenvalue weighted by Gasteiger charge is 2.31. The number of hydrogen-bond donors (Lipinski definition) is 8. The standard InChI is InChI=1S/C42H52N2O10/c1-11-19(7)33(41(51)52)43-15-25-31-23(27(17(3)4)39(49)35(25)45)13-21(9)29(37(31)47)30-22(10)14-24-28(18(5)6)40(50)36(46)26(32(24)38(30)48)16-44-34(42(53)54)20(8)12-2/h13-20,33-34,45-50H,11-12H2,1-10H3,(H,51,52)(H,53,54)/t19?,20?,33-,34-/m0/s1. The second-order valence-electron chi connectivity index (χ2n) is 14.9. The number of aliphatic imine (C=N–C) groups is 2. The molecule has 0 aliphatic rings. The predicted octanol–water partition coefficient (Wildman–Crippen LogP) is 8.59. The lowest BCUT2D eigenvalue weighted by Crippen LogP contribution is -2.25. The van der Waals surface area contributed by atoms with Crippen LogP contribution in [-0.4, -0.2) is 77.3 Å². The first-order valence-electron chi connectivity index (χ1n) is 18.2. The lowest BCUT2D eigenvalue weighted by atomic mass is 9.83. The molecule has 0 aromatic heterocycles. The van der Waals surface area contributed by atoms with Crippen LogP contribution in [0.2, 0.25) is 0 Å². The summed E-state index contributed by atoms with van der Waals surface area (Å²) in [4.78, 5) is 32.9. The predicted molar refractivity (Wildman–Crippen MR) is 211 cm³/mol. The normalized spacial score (nSPS) is 14.5. The summed E-state index contributed by atoms with van der Waals surface area (Å²) < 4.78 is 0. The fourth-order valence-electron chi connectivity index (χ4n) is 7.29. The van der Waals surface area contributed by atoms with Gasteiger partial charge in [0.2, 0.25) is 0 Å². The minimum atomic E-state index is -1.18. The Labute approximate surface area is 314 Å². The van der Waals surface area contributed by atoms with Crippen molar-refractivity contribution in [1.29, 1.82) is 0 Å². The largest absolute Gasteiger partial charge is 0.507 e. The number of aromatic hydroxyl groups is 6. The van der Waals surface area contributed by atoms with Gasteiger partial charge in [-0.05, 0) is 59.4 Å². The average molecular weight is 745 g/mol. The van der Waals surface area contributed by atoms with Crippen LogP contribution in [-0.2, 0) is 9.59 Å². The number of nitrogens with zero attached hydrogens (tertiary/aromatic N) is 2. The lowest BCUT2D eigenvalue weighted by Gasteiger charge is -2.24. The molecule has 4 aromatic carbocycles. The van der Waals surface area contributed by atoms with Crippen LogP contribution in [0.25, 0.3) is 32.7 Å². The Balaban J connectivity index is 2.23. The Morgan fingerprint density at radius 2 is 0.889 bits per heavy atom. The Bertz CT molecular complexity index is 2050. The fourth-order valence-corrected chi connectivity index (χ4v) is 7.29. The van der Waals surface area contributed by atoms with E-state index in [1.807, 2.05) is 13.8 Å². The number of rotatable bonds is 13. The summed E-state index contributed by atoms with van der Waals surface area (Å²) in [6.45, 7) is 17.7. The number of benzene rings is 4. The van der Waals surface area contributed by atoms with E-state index in [0.717, 1.165) is 12.4 Å². The molecule has 4 atom stereocenters. The third-order valence-corrected chi connectivity index (χ3v) is 10.6. The molecule has 0 amide bonds. The van der Waals surface area contributed by atoms with Crippen LogP contribution in [0.1, 0.15) is 113 Å². The maximum absolute atomic E-state index is 12.3. The molecule has 0 spiro atoms. The molecule has 8 N–H and O–H groups in total. The van der Waals surface area contributed by atoms with Gasteiger partial charge < -0.3 is 40.9 Å². The molecule has 12 heteroatoms. The van der Waals surface area contributed by atoms with E-state index in [9.17, 15) is 50.4 Å². The fraction of sp³-hybridized carbons (Fsp3) is 0.429. The summed E-state index contributed by atoms with van der Waals surface area (Å²) in [6, 6.07) is 1.02. The first-order valence-corrected chi connectivity index (χ1v) is 18.2. The second-order valence-corrected chi connectivity index (χ2v) is 14.9. The van der Waals surface area contributed by atoms with Crippen molar-refractivity contribution in [2.45, 2.75) is 106 Å². The molecule has 4 rings (SSSR count). The Morgan fingerprint density at radius 1 is 0.574 bits per heavy atom. The zero-order valence-corrected chi connectivity index (χ0v) is 32.5. The molecule has 290 valence electrons. The highest BCUT2D eigenvalue weighted by atomic mass is 16.4. The molecular formula is C42H52N2O10. The van der Waals surface area contributed by atoms with Gasteiger partial charge in [-0.1, -0.05) is 80.4 Å². The quantitative estimate of drug-likeness (QED) is 0.0481. The Morgan fingerprint density at radius 3 is 1.15 bits per heavy atom. The van der Waals surface area contributed by atoms with Crippen molar-refractivity contribution < 1.29 is 50.4 Å². The third-order valence-electron chi connectivity index (χ3n) is 10.6. The van der Waals surface area contributed by atoms with Crippen molar-refractivity contribution in [1.82, 2.24) is 0 Å². The second kappa shape index (κ2) is 15.8. The van der Waals surface area contributed by atoms with Gasteiger partial charge in [0.1, 0.15) is 23.6 Å². The zero-order chi connectivity index (χ0) is 40.7. The maximum atomic E-state index is 12.3. The van der Waals surface area contributed by atoms with Crippen molar-refractivity contribution in [3.8, 4) is 45.6 Å². The molecule has 0 aliphatic heterocycles. The number of carbonyl (C=O) groups is 2. The van der Waals surface area contributed by atoms with Crippen molar-refractivity contribution in [2.24, 2.45) is 21.8 Å². The summed E-state index contributed by atoms with van der Waals surface area (Å²) in [6.07, 6.45) is 3.28. The monoisotopic (exact) mass is 744 g/mol. The average Bonchev–Trinajstić information content (AvgIpc) is 3.08. The van der Waals surface area contributed by atoms with Crippen LogP contribution in [0.5, 0.6) is 34.5 Å². The molecular weight excluding hydrogens is 692 g/mol. The molecule has 0 bridgehead atoms. The number of phenols is 6. The van der Waals surface area contributed by atoms with Crippen LogP contribution in [0.4, 0.5) is 0 Å². The zero-order valence-electron chi connectivity index (χ0n) is 32.5. The van der Waals surface area contributed by atoms with Gasteiger partial charge in [-0.3, -0.25) is 9.98 Å². The summed E-state index contributed by atoms with van der Waals surface area (Å²) in [5.41, 5.74) is 1.60. The van der Waals surface area contributed by atoms with Crippen molar-refractivity contribution in [3.63, 3.8) is 0 Å². The third kappa shape index (κ3) is 7.09. The first kappa shape index (κ1) is 41.2. The summed E-state index contributed by atoms with van der Waals surface area (Å²) in [5.74, 6) is -6.70. The van der Waals surface area contributed by atoms with Crippen molar-refractivity contribution in [2.75, 3.05) is 0 Å². The summed E-state index contributed by atoms with van der Waals surface area (Å²) >= 11 is 0. The lowest BCUT2D eigenvalue weighted by molar-refractivity contribution is -0.140. The van der Waals surface area contributed by atoms with Crippen molar-refractivity contribution in [3.05, 3.63) is 45.5 Å². The van der Waals surface area contributed by atoms with Crippen LogP contribution in [0.15, 0.2) is 22.1 Å². The van der Waals surface area contributed by atoms with Crippen LogP contribution in [0.3, 0.4) is 0 Å². The number of fused-ring (bicyclic) bond motifs is 2. The minimum absolute atomic E-state index is 0.0570. The number of aliphatic carboxylic acids is 2. The first-order chi connectivity index (χ1) is 25.2. The van der Waals surface area contributed by atoms with E-state index in [1.165, 1.54) is 0 Å². The molecule has 0 aliphatic carbocycles. The number of carboxylic acids is 2.